The number of thiocarbonyl (C=S) groups is 1. The molecule has 0 unspecified atom stereocenters. The van der Waals surface area contributed by atoms with Crippen LogP contribution in [-0.2, 0) is 6.54 Å². The van der Waals surface area contributed by atoms with E-state index in [1.165, 1.54) is 6.33 Å². The largest absolute Gasteiger partial charge is 0.389 e. The molecule has 92 valence electrons. The third-order valence-corrected chi connectivity index (χ3v) is 2.55. The summed E-state index contributed by atoms with van der Waals surface area (Å²) >= 11 is 4.83. The van der Waals surface area contributed by atoms with E-state index in [-0.39, 0.29) is 5.91 Å². The SMILES string of the molecule is NC(=S)c1ccc(C(=O)NCc2ncn[nH]2)cc1. The van der Waals surface area contributed by atoms with Crippen LogP contribution in [0.3, 0.4) is 0 Å². The summed E-state index contributed by atoms with van der Waals surface area (Å²) in [5.41, 5.74) is 6.74. The van der Waals surface area contributed by atoms with Gasteiger partial charge in [-0.15, -0.1) is 0 Å². The zero-order chi connectivity index (χ0) is 13.0. The Morgan fingerprint density at radius 2 is 2.00 bits per heavy atom. The number of nitrogens with one attached hydrogen (secondary N) is 2. The molecule has 1 amide bonds. The molecule has 0 aliphatic carbocycles. The van der Waals surface area contributed by atoms with Gasteiger partial charge in [0.2, 0.25) is 0 Å². The van der Waals surface area contributed by atoms with Crippen LogP contribution in [0.1, 0.15) is 21.7 Å². The van der Waals surface area contributed by atoms with Gasteiger partial charge in [0.1, 0.15) is 17.1 Å². The van der Waals surface area contributed by atoms with Gasteiger partial charge in [-0.25, -0.2) is 4.98 Å². The summed E-state index contributed by atoms with van der Waals surface area (Å²) in [7, 11) is 0. The van der Waals surface area contributed by atoms with Crippen LogP contribution >= 0.6 is 12.2 Å². The average molecular weight is 261 g/mol. The monoisotopic (exact) mass is 261 g/mol. The van der Waals surface area contributed by atoms with Gasteiger partial charge in [0.05, 0.1) is 6.54 Å². The van der Waals surface area contributed by atoms with Gasteiger partial charge in [-0.2, -0.15) is 5.10 Å². The smallest absolute Gasteiger partial charge is 0.251 e. The molecule has 2 aromatic rings. The number of hydrogen-bond acceptors (Lipinski definition) is 4. The standard InChI is InChI=1S/C11H11N5OS/c12-10(18)7-1-3-8(4-2-7)11(17)13-5-9-14-6-15-16-9/h1-4,6H,5H2,(H2,12,18)(H,13,17)(H,14,15,16). The lowest BCUT2D eigenvalue weighted by Crippen LogP contribution is -2.23. The second kappa shape index (κ2) is 5.37. The maximum atomic E-state index is 11.8. The van der Waals surface area contributed by atoms with Gasteiger partial charge < -0.3 is 11.1 Å². The van der Waals surface area contributed by atoms with Crippen molar-refractivity contribution in [3.8, 4) is 0 Å². The van der Waals surface area contributed by atoms with E-state index < -0.39 is 0 Å². The molecule has 0 bridgehead atoms. The average Bonchev–Trinajstić information content (AvgIpc) is 2.89. The Morgan fingerprint density at radius 3 is 2.56 bits per heavy atom. The number of carbonyl (C=O) groups excluding carboxylic acids is 1. The van der Waals surface area contributed by atoms with Crippen LogP contribution in [0.15, 0.2) is 30.6 Å². The maximum absolute atomic E-state index is 11.8. The first-order valence-corrected chi connectivity index (χ1v) is 5.60. The fourth-order valence-corrected chi connectivity index (χ4v) is 1.50. The van der Waals surface area contributed by atoms with Crippen LogP contribution < -0.4 is 11.1 Å². The zero-order valence-corrected chi connectivity index (χ0v) is 10.2. The second-order valence-electron chi connectivity index (χ2n) is 3.56. The first kappa shape index (κ1) is 12.2. The van der Waals surface area contributed by atoms with E-state index in [1.807, 2.05) is 0 Å². The van der Waals surface area contributed by atoms with E-state index in [4.69, 9.17) is 18.0 Å². The number of hydrogen-bond donors (Lipinski definition) is 3. The molecule has 0 spiro atoms. The molecule has 1 heterocycles. The summed E-state index contributed by atoms with van der Waals surface area (Å²) in [5.74, 6) is 0.406. The minimum Gasteiger partial charge on any atom is -0.389 e. The first-order valence-electron chi connectivity index (χ1n) is 5.19. The van der Waals surface area contributed by atoms with E-state index in [0.29, 0.717) is 22.9 Å². The highest BCUT2D eigenvalue weighted by Crippen LogP contribution is 2.04. The molecule has 0 saturated carbocycles. The Balaban J connectivity index is 1.98. The lowest BCUT2D eigenvalue weighted by molar-refractivity contribution is 0.0950. The van der Waals surface area contributed by atoms with Crippen molar-refractivity contribution in [2.24, 2.45) is 5.73 Å². The highest BCUT2D eigenvalue weighted by Gasteiger charge is 2.06. The Hall–Kier alpha value is -2.28. The van der Waals surface area contributed by atoms with Crippen molar-refractivity contribution < 1.29 is 4.79 Å². The molecule has 2 rings (SSSR count). The number of nitrogens with two attached hydrogens (primary N) is 1. The van der Waals surface area contributed by atoms with Gasteiger partial charge in [0.25, 0.3) is 5.91 Å². The molecular weight excluding hydrogens is 250 g/mol. The normalized spacial score (nSPS) is 10.0. The highest BCUT2D eigenvalue weighted by molar-refractivity contribution is 7.80. The third-order valence-electron chi connectivity index (χ3n) is 2.31. The summed E-state index contributed by atoms with van der Waals surface area (Å²) in [6.07, 6.45) is 1.39. The minimum atomic E-state index is -0.194. The summed E-state index contributed by atoms with van der Waals surface area (Å²) in [4.78, 5) is 16.0. The minimum absolute atomic E-state index is 0.194. The van der Waals surface area contributed by atoms with Gasteiger partial charge in [-0.05, 0) is 12.1 Å². The first-order chi connectivity index (χ1) is 8.66. The predicted molar refractivity (Wildman–Crippen MR) is 69.9 cm³/mol. The van der Waals surface area contributed by atoms with Gasteiger partial charge in [-0.3, -0.25) is 9.89 Å². The van der Waals surface area contributed by atoms with Crippen molar-refractivity contribution in [3.63, 3.8) is 0 Å². The fourth-order valence-electron chi connectivity index (χ4n) is 1.37. The molecule has 0 aliphatic rings. The van der Waals surface area contributed by atoms with Crippen molar-refractivity contribution in [2.75, 3.05) is 0 Å². The van der Waals surface area contributed by atoms with Crippen molar-refractivity contribution in [2.45, 2.75) is 6.54 Å². The Kier molecular flexibility index (Phi) is 3.63. The van der Waals surface area contributed by atoms with Gasteiger partial charge in [0.15, 0.2) is 0 Å². The Bertz CT molecular complexity index is 549. The number of amides is 1. The summed E-state index contributed by atoms with van der Waals surface area (Å²) in [6.45, 7) is 0.301. The molecule has 0 saturated heterocycles. The molecule has 1 aromatic carbocycles. The summed E-state index contributed by atoms with van der Waals surface area (Å²) < 4.78 is 0. The number of rotatable bonds is 4. The molecule has 7 heteroatoms. The van der Waals surface area contributed by atoms with Crippen LogP contribution in [0.5, 0.6) is 0 Å². The maximum Gasteiger partial charge on any atom is 0.251 e. The molecular formula is C11H11N5OS. The lowest BCUT2D eigenvalue weighted by Gasteiger charge is -2.04. The molecule has 6 nitrogen and oxygen atoms in total. The van der Waals surface area contributed by atoms with Crippen LogP contribution in [-0.4, -0.2) is 26.1 Å². The fraction of sp³-hybridized carbons (Fsp3) is 0.0909. The zero-order valence-electron chi connectivity index (χ0n) is 9.38. The van der Waals surface area contributed by atoms with Gasteiger partial charge >= 0.3 is 0 Å². The molecule has 0 atom stereocenters. The quantitative estimate of drug-likeness (QED) is 0.691. The highest BCUT2D eigenvalue weighted by atomic mass is 32.1. The van der Waals surface area contributed by atoms with E-state index >= 15 is 0 Å². The third kappa shape index (κ3) is 2.89. The van der Waals surface area contributed by atoms with Gasteiger partial charge in [-0.1, -0.05) is 24.4 Å². The van der Waals surface area contributed by atoms with E-state index in [0.717, 1.165) is 5.56 Å². The molecule has 1 aromatic heterocycles. The Morgan fingerprint density at radius 1 is 1.33 bits per heavy atom. The van der Waals surface area contributed by atoms with Crippen LogP contribution in [0, 0.1) is 0 Å². The van der Waals surface area contributed by atoms with E-state index in [9.17, 15) is 4.79 Å². The van der Waals surface area contributed by atoms with Crippen molar-refractivity contribution in [1.82, 2.24) is 20.5 Å². The number of nitrogens with zero attached hydrogens (tertiary/aromatic N) is 2. The van der Waals surface area contributed by atoms with Crippen molar-refractivity contribution in [3.05, 3.63) is 47.5 Å². The van der Waals surface area contributed by atoms with Crippen LogP contribution in [0.25, 0.3) is 0 Å². The molecule has 0 radical (unpaired) electrons. The number of benzene rings is 1. The Labute approximate surface area is 109 Å². The number of aromatic nitrogens is 3. The van der Waals surface area contributed by atoms with Crippen LogP contribution in [0.4, 0.5) is 0 Å². The number of carbonyl (C=O) groups is 1. The predicted octanol–water partition coefficient (Wildman–Crippen LogP) is 0.369. The molecule has 18 heavy (non-hydrogen) atoms. The summed E-state index contributed by atoms with van der Waals surface area (Å²) in [6, 6.07) is 6.77. The van der Waals surface area contributed by atoms with Crippen molar-refractivity contribution in [1.29, 1.82) is 0 Å². The molecule has 0 aliphatic heterocycles. The molecule has 4 N–H and O–H groups in total. The number of aromatic amines is 1. The molecule has 0 fully saturated rings. The van der Waals surface area contributed by atoms with Crippen LogP contribution in [0.2, 0.25) is 0 Å². The second-order valence-corrected chi connectivity index (χ2v) is 4.00. The van der Waals surface area contributed by atoms with E-state index in [2.05, 4.69) is 20.5 Å². The lowest BCUT2D eigenvalue weighted by atomic mass is 10.1. The number of H-pyrrole nitrogens is 1. The summed E-state index contributed by atoms with van der Waals surface area (Å²) in [5, 5.41) is 9.06. The van der Waals surface area contributed by atoms with Gasteiger partial charge in [0, 0.05) is 11.1 Å². The topological polar surface area (TPSA) is 96.7 Å². The van der Waals surface area contributed by atoms with E-state index in [1.54, 1.807) is 24.3 Å². The van der Waals surface area contributed by atoms with Crippen molar-refractivity contribution >= 4 is 23.1 Å².